The number of hydrogen-bond donors (Lipinski definition) is 1. The molecule has 1 aromatic rings. The smallest absolute Gasteiger partial charge is 0.0443 e. The lowest BCUT2D eigenvalue weighted by Gasteiger charge is -2.22. The van der Waals surface area contributed by atoms with Crippen LogP contribution < -0.4 is 5.32 Å². The highest BCUT2D eigenvalue weighted by atomic mass is 35.5. The summed E-state index contributed by atoms with van der Waals surface area (Å²) in [7, 11) is 0. The molecule has 1 aliphatic carbocycles. The summed E-state index contributed by atoms with van der Waals surface area (Å²) in [5, 5.41) is 4.50. The van der Waals surface area contributed by atoms with E-state index in [0.717, 1.165) is 11.6 Å². The van der Waals surface area contributed by atoms with Crippen molar-refractivity contribution in [1.29, 1.82) is 0 Å². The van der Waals surface area contributed by atoms with Gasteiger partial charge < -0.3 is 5.32 Å². The van der Waals surface area contributed by atoms with Crippen LogP contribution in [-0.4, -0.2) is 12.1 Å². The molecule has 1 fully saturated rings. The number of rotatable bonds is 3. The quantitative estimate of drug-likeness (QED) is 0.856. The number of benzene rings is 1. The second-order valence-corrected chi connectivity index (χ2v) is 6.84. The molecule has 1 aliphatic rings. The molecule has 2 heteroatoms. The molecule has 0 radical (unpaired) electrons. The van der Waals surface area contributed by atoms with Gasteiger partial charge >= 0.3 is 0 Å². The Hall–Kier alpha value is -0.530. The van der Waals surface area contributed by atoms with Gasteiger partial charge in [0.05, 0.1) is 0 Å². The third-order valence-corrected chi connectivity index (χ3v) is 4.11. The van der Waals surface area contributed by atoms with Crippen molar-refractivity contribution in [2.75, 3.05) is 6.54 Å². The normalized spacial score (nSPS) is 28.2. The largest absolute Gasteiger partial charge is 0.312 e. The standard InChI is InChI=1S/C15H22ClN/c1-14(2,3)17-10-11-9-15(11,4)12-7-5-6-8-13(12)16/h5-8,11,17H,9-10H2,1-4H3. The van der Waals surface area contributed by atoms with Crippen molar-refractivity contribution in [2.45, 2.75) is 45.1 Å². The van der Waals surface area contributed by atoms with Crippen LogP contribution >= 0.6 is 11.6 Å². The van der Waals surface area contributed by atoms with Gasteiger partial charge in [0, 0.05) is 10.6 Å². The highest BCUT2D eigenvalue weighted by molar-refractivity contribution is 6.31. The summed E-state index contributed by atoms with van der Waals surface area (Å²) >= 11 is 6.28. The van der Waals surface area contributed by atoms with Crippen LogP contribution in [0, 0.1) is 5.92 Å². The average molecular weight is 252 g/mol. The molecule has 1 N–H and O–H groups in total. The molecular weight excluding hydrogens is 230 g/mol. The highest BCUT2D eigenvalue weighted by Crippen LogP contribution is 2.55. The van der Waals surface area contributed by atoms with Gasteiger partial charge in [-0.3, -0.25) is 0 Å². The van der Waals surface area contributed by atoms with Gasteiger partial charge in [-0.15, -0.1) is 0 Å². The minimum atomic E-state index is 0.198. The lowest BCUT2D eigenvalue weighted by Crippen LogP contribution is -2.37. The van der Waals surface area contributed by atoms with E-state index < -0.39 is 0 Å². The third kappa shape index (κ3) is 2.83. The lowest BCUT2D eigenvalue weighted by molar-refractivity contribution is 0.406. The van der Waals surface area contributed by atoms with E-state index in [4.69, 9.17) is 11.6 Å². The molecule has 0 spiro atoms. The first-order chi connectivity index (χ1) is 7.83. The van der Waals surface area contributed by atoms with E-state index in [9.17, 15) is 0 Å². The molecular formula is C15H22ClN. The average Bonchev–Trinajstić information content (AvgIpc) is 2.88. The van der Waals surface area contributed by atoms with Crippen LogP contribution in [0.4, 0.5) is 0 Å². The molecule has 1 aromatic carbocycles. The number of halogens is 1. The Labute approximate surface area is 110 Å². The van der Waals surface area contributed by atoms with E-state index in [0.29, 0.717) is 5.92 Å². The van der Waals surface area contributed by atoms with Gasteiger partial charge in [-0.1, -0.05) is 36.7 Å². The predicted molar refractivity (Wildman–Crippen MR) is 74.7 cm³/mol. The molecule has 1 saturated carbocycles. The van der Waals surface area contributed by atoms with E-state index in [2.05, 4.69) is 45.1 Å². The van der Waals surface area contributed by atoms with Gasteiger partial charge in [0.15, 0.2) is 0 Å². The summed E-state index contributed by atoms with van der Waals surface area (Å²) < 4.78 is 0. The summed E-state index contributed by atoms with van der Waals surface area (Å²) in [6.07, 6.45) is 1.24. The van der Waals surface area contributed by atoms with E-state index in [-0.39, 0.29) is 11.0 Å². The Morgan fingerprint density at radius 3 is 2.59 bits per heavy atom. The van der Waals surface area contributed by atoms with Gasteiger partial charge in [-0.05, 0) is 56.7 Å². The maximum Gasteiger partial charge on any atom is 0.0443 e. The van der Waals surface area contributed by atoms with Crippen molar-refractivity contribution < 1.29 is 0 Å². The maximum atomic E-state index is 6.28. The first-order valence-electron chi connectivity index (χ1n) is 6.33. The predicted octanol–water partition coefficient (Wildman–Crippen LogP) is 4.01. The van der Waals surface area contributed by atoms with E-state index in [1.165, 1.54) is 12.0 Å². The summed E-state index contributed by atoms with van der Waals surface area (Å²) in [6, 6.07) is 8.24. The van der Waals surface area contributed by atoms with Gasteiger partial charge in [0.2, 0.25) is 0 Å². The Bertz CT molecular complexity index is 408. The van der Waals surface area contributed by atoms with Gasteiger partial charge in [-0.25, -0.2) is 0 Å². The minimum Gasteiger partial charge on any atom is -0.312 e. The van der Waals surface area contributed by atoms with E-state index >= 15 is 0 Å². The van der Waals surface area contributed by atoms with Crippen LogP contribution in [0.3, 0.4) is 0 Å². The van der Waals surface area contributed by atoms with Crippen molar-refractivity contribution in [3.05, 3.63) is 34.9 Å². The topological polar surface area (TPSA) is 12.0 Å². The Kier molecular flexibility index (Phi) is 3.26. The monoisotopic (exact) mass is 251 g/mol. The minimum absolute atomic E-state index is 0.198. The lowest BCUT2D eigenvalue weighted by atomic mass is 9.95. The number of hydrogen-bond acceptors (Lipinski definition) is 1. The summed E-state index contributed by atoms with van der Waals surface area (Å²) in [5.41, 5.74) is 1.78. The molecule has 0 amide bonds. The van der Waals surface area contributed by atoms with Gasteiger partial charge in [0.1, 0.15) is 0 Å². The van der Waals surface area contributed by atoms with Crippen LogP contribution in [0.25, 0.3) is 0 Å². The molecule has 1 nitrogen and oxygen atoms in total. The van der Waals surface area contributed by atoms with Gasteiger partial charge in [-0.2, -0.15) is 0 Å². The highest BCUT2D eigenvalue weighted by Gasteiger charge is 2.51. The van der Waals surface area contributed by atoms with E-state index in [1.807, 2.05) is 12.1 Å². The van der Waals surface area contributed by atoms with E-state index in [1.54, 1.807) is 0 Å². The molecule has 0 bridgehead atoms. The Morgan fingerprint density at radius 1 is 1.35 bits per heavy atom. The molecule has 2 atom stereocenters. The summed E-state index contributed by atoms with van der Waals surface area (Å²) in [6.45, 7) is 10.0. The molecule has 0 aromatic heterocycles. The van der Waals surface area contributed by atoms with Crippen molar-refractivity contribution in [1.82, 2.24) is 5.32 Å². The van der Waals surface area contributed by atoms with Crippen LogP contribution in [0.15, 0.2) is 24.3 Å². The number of nitrogens with one attached hydrogen (secondary N) is 1. The second-order valence-electron chi connectivity index (χ2n) is 6.43. The van der Waals surface area contributed by atoms with Crippen LogP contribution in [0.5, 0.6) is 0 Å². The zero-order valence-electron chi connectivity index (χ0n) is 11.2. The summed E-state index contributed by atoms with van der Waals surface area (Å²) in [4.78, 5) is 0. The fourth-order valence-electron chi connectivity index (χ4n) is 2.43. The molecule has 17 heavy (non-hydrogen) atoms. The molecule has 2 unspecified atom stereocenters. The Balaban J connectivity index is 2.03. The van der Waals surface area contributed by atoms with Crippen LogP contribution in [0.1, 0.15) is 39.7 Å². The van der Waals surface area contributed by atoms with Crippen LogP contribution in [-0.2, 0) is 5.41 Å². The molecule has 0 heterocycles. The third-order valence-electron chi connectivity index (χ3n) is 3.78. The fourth-order valence-corrected chi connectivity index (χ4v) is 2.79. The summed E-state index contributed by atoms with van der Waals surface area (Å²) in [5.74, 6) is 0.710. The van der Waals surface area contributed by atoms with Crippen molar-refractivity contribution in [3.8, 4) is 0 Å². The van der Waals surface area contributed by atoms with Crippen molar-refractivity contribution in [2.24, 2.45) is 5.92 Å². The van der Waals surface area contributed by atoms with Crippen molar-refractivity contribution >= 4 is 11.6 Å². The fraction of sp³-hybridized carbons (Fsp3) is 0.600. The maximum absolute atomic E-state index is 6.28. The van der Waals surface area contributed by atoms with Gasteiger partial charge in [0.25, 0.3) is 0 Å². The molecule has 0 saturated heterocycles. The Morgan fingerprint density at radius 2 is 2.00 bits per heavy atom. The zero-order valence-corrected chi connectivity index (χ0v) is 11.9. The first kappa shape index (κ1) is 12.9. The molecule has 0 aliphatic heterocycles. The SMILES string of the molecule is CC(C)(C)NCC1CC1(C)c1ccccc1Cl. The molecule has 2 rings (SSSR count). The second kappa shape index (κ2) is 4.29. The van der Waals surface area contributed by atoms with Crippen molar-refractivity contribution in [3.63, 3.8) is 0 Å². The first-order valence-corrected chi connectivity index (χ1v) is 6.71. The van der Waals surface area contributed by atoms with Crippen LogP contribution in [0.2, 0.25) is 5.02 Å². The zero-order chi connectivity index (χ0) is 12.7. The molecule has 94 valence electrons.